The van der Waals surface area contributed by atoms with E-state index in [-0.39, 0.29) is 29.3 Å². The van der Waals surface area contributed by atoms with E-state index in [9.17, 15) is 13.2 Å². The summed E-state index contributed by atoms with van der Waals surface area (Å²) in [5.41, 5.74) is 0.109. The molecule has 0 spiro atoms. The van der Waals surface area contributed by atoms with Crippen LogP contribution in [0, 0.1) is 0 Å². The van der Waals surface area contributed by atoms with E-state index in [2.05, 4.69) is 31.1 Å². The van der Waals surface area contributed by atoms with E-state index in [0.29, 0.717) is 23.5 Å². The number of aromatic nitrogens is 3. The van der Waals surface area contributed by atoms with Crippen LogP contribution in [0.3, 0.4) is 0 Å². The van der Waals surface area contributed by atoms with Gasteiger partial charge in [0, 0.05) is 5.56 Å². The van der Waals surface area contributed by atoms with Crippen LogP contribution in [-0.2, 0) is 12.7 Å². The predicted octanol–water partition coefficient (Wildman–Crippen LogP) is 5.90. The Labute approximate surface area is 181 Å². The van der Waals surface area contributed by atoms with E-state index in [1.54, 1.807) is 0 Å². The van der Waals surface area contributed by atoms with Crippen molar-refractivity contribution in [1.29, 1.82) is 0 Å². The van der Waals surface area contributed by atoms with Crippen LogP contribution < -0.4 is 4.74 Å². The molecule has 0 bridgehead atoms. The van der Waals surface area contributed by atoms with Crippen LogP contribution in [0.4, 0.5) is 13.2 Å². The van der Waals surface area contributed by atoms with Crippen molar-refractivity contribution in [2.24, 2.45) is 4.99 Å². The van der Waals surface area contributed by atoms with Crippen LogP contribution in [0.15, 0.2) is 33.3 Å². The lowest BCUT2D eigenvalue weighted by Gasteiger charge is -2.22. The molecule has 0 saturated carbocycles. The minimum Gasteiger partial charge on any atom is -0.491 e. The van der Waals surface area contributed by atoms with Crippen LogP contribution >= 0.6 is 38.9 Å². The minimum absolute atomic E-state index is 0.0937. The topological polar surface area (TPSA) is 52.3 Å². The lowest BCUT2D eigenvalue weighted by molar-refractivity contribution is -0.138. The van der Waals surface area contributed by atoms with E-state index in [1.807, 2.05) is 24.4 Å². The number of thiophene rings is 1. The third kappa shape index (κ3) is 3.57. The van der Waals surface area contributed by atoms with Gasteiger partial charge in [-0.05, 0) is 39.9 Å². The number of ether oxygens (including phenoxy) is 1. The van der Waals surface area contributed by atoms with Crippen molar-refractivity contribution in [1.82, 2.24) is 14.8 Å². The number of alkyl halides is 3. The third-order valence-corrected chi connectivity index (χ3v) is 5.93. The third-order valence-electron chi connectivity index (χ3n) is 4.24. The number of halogens is 5. The second-order valence-corrected chi connectivity index (χ2v) is 8.23. The molecule has 1 aromatic carbocycles. The minimum atomic E-state index is -4.71. The number of rotatable bonds is 4. The molecule has 11 heteroatoms. The molecule has 0 unspecified atom stereocenters. The van der Waals surface area contributed by atoms with Gasteiger partial charge in [-0.1, -0.05) is 24.6 Å². The fourth-order valence-electron chi connectivity index (χ4n) is 3.11. The van der Waals surface area contributed by atoms with Gasteiger partial charge in [-0.2, -0.15) is 13.2 Å². The van der Waals surface area contributed by atoms with Crippen LogP contribution in [-0.4, -0.2) is 27.1 Å². The largest absolute Gasteiger partial charge is 0.491 e. The van der Waals surface area contributed by atoms with Crippen molar-refractivity contribution in [3.8, 4) is 11.4 Å². The van der Waals surface area contributed by atoms with Gasteiger partial charge in [0.15, 0.2) is 11.6 Å². The Balaban J connectivity index is 2.11. The highest BCUT2D eigenvalue weighted by atomic mass is 79.9. The maximum absolute atomic E-state index is 13.9. The molecule has 3 aromatic rings. The Kier molecular flexibility index (Phi) is 5.43. The summed E-state index contributed by atoms with van der Waals surface area (Å²) in [6.45, 7) is 2.05. The summed E-state index contributed by atoms with van der Waals surface area (Å²) >= 11 is 10.9. The number of hydrogen-bond donors (Lipinski definition) is 0. The lowest BCUT2D eigenvalue weighted by atomic mass is 10.0. The number of hydrogen-bond acceptors (Lipinski definition) is 5. The highest BCUT2D eigenvalue weighted by Gasteiger charge is 2.41. The molecule has 4 rings (SSSR count). The summed E-state index contributed by atoms with van der Waals surface area (Å²) < 4.78 is 49.2. The van der Waals surface area contributed by atoms with Crippen LogP contribution in [0.5, 0.6) is 5.75 Å². The zero-order valence-corrected chi connectivity index (χ0v) is 18.1. The molecule has 0 amide bonds. The molecule has 152 valence electrons. The van der Waals surface area contributed by atoms with Crippen LogP contribution in [0.2, 0.25) is 5.02 Å². The zero-order chi connectivity index (χ0) is 20.8. The molecule has 3 heterocycles. The molecule has 1 aliphatic heterocycles. The van der Waals surface area contributed by atoms with Gasteiger partial charge in [0.05, 0.1) is 22.2 Å². The Hall–Kier alpha value is -1.91. The average molecular weight is 506 g/mol. The Morgan fingerprint density at radius 2 is 2.14 bits per heavy atom. The number of benzene rings is 1. The number of nitrogens with zero attached hydrogens (tertiary/aromatic N) is 4. The second kappa shape index (κ2) is 7.73. The molecule has 0 atom stereocenters. The van der Waals surface area contributed by atoms with Crippen molar-refractivity contribution >= 4 is 44.6 Å². The SMILES string of the molecule is CCCOc1c2c(cc(Cl)c1C(F)(F)F)C(c1cccs1)=NCc1nnc(Br)n1-2. The van der Waals surface area contributed by atoms with E-state index in [0.717, 1.165) is 4.88 Å². The maximum Gasteiger partial charge on any atom is 0.421 e. The molecule has 5 nitrogen and oxygen atoms in total. The van der Waals surface area contributed by atoms with Crippen molar-refractivity contribution in [3.63, 3.8) is 0 Å². The first-order valence-corrected chi connectivity index (χ1v) is 10.6. The average Bonchev–Trinajstić information content (AvgIpc) is 3.26. The first-order chi connectivity index (χ1) is 13.8. The highest BCUT2D eigenvalue weighted by Crippen LogP contribution is 2.47. The fourth-order valence-corrected chi connectivity index (χ4v) is 4.62. The van der Waals surface area contributed by atoms with Crippen LogP contribution in [0.1, 0.15) is 35.2 Å². The Morgan fingerprint density at radius 1 is 1.34 bits per heavy atom. The Bertz CT molecular complexity index is 1100. The molecule has 1 aliphatic rings. The molecule has 0 saturated heterocycles. The molecule has 2 aromatic heterocycles. The van der Waals surface area contributed by atoms with Gasteiger partial charge in [-0.25, -0.2) is 0 Å². The summed E-state index contributed by atoms with van der Waals surface area (Å²) in [6.07, 6.45) is -4.18. The summed E-state index contributed by atoms with van der Waals surface area (Å²) in [7, 11) is 0. The molecule has 0 radical (unpaired) electrons. The standard InChI is InChI=1S/C18H13BrClF3N4OS/c1-2-5-28-16-13(18(21,22)23)10(20)7-9-14(11-4-3-6-29-11)24-8-12-25-26-17(19)27(12)15(9)16/h3-4,6-7H,2,5,8H2,1H3. The van der Waals surface area contributed by atoms with Gasteiger partial charge in [-0.15, -0.1) is 21.5 Å². The molecule has 0 N–H and O–H groups in total. The van der Waals surface area contributed by atoms with E-state index >= 15 is 0 Å². The normalized spacial score (nSPS) is 13.5. The highest BCUT2D eigenvalue weighted by molar-refractivity contribution is 9.10. The molecular formula is C18H13BrClF3N4OS. The predicted molar refractivity (Wildman–Crippen MR) is 109 cm³/mol. The van der Waals surface area contributed by atoms with E-state index in [1.165, 1.54) is 22.0 Å². The quantitative estimate of drug-likeness (QED) is 0.443. The van der Waals surface area contributed by atoms with Gasteiger partial charge in [0.1, 0.15) is 17.8 Å². The fraction of sp³-hybridized carbons (Fsp3) is 0.278. The summed E-state index contributed by atoms with van der Waals surface area (Å²) in [5, 5.41) is 9.44. The number of aliphatic imine (C=N–C) groups is 1. The molecule has 29 heavy (non-hydrogen) atoms. The summed E-state index contributed by atoms with van der Waals surface area (Å²) in [6, 6.07) is 4.99. The first kappa shape index (κ1) is 20.4. The summed E-state index contributed by atoms with van der Waals surface area (Å²) in [5.74, 6) is 0.0382. The van der Waals surface area contributed by atoms with Gasteiger partial charge < -0.3 is 4.74 Å². The second-order valence-electron chi connectivity index (χ2n) is 6.17. The maximum atomic E-state index is 13.9. The van der Waals surface area contributed by atoms with E-state index in [4.69, 9.17) is 16.3 Å². The first-order valence-electron chi connectivity index (χ1n) is 8.58. The van der Waals surface area contributed by atoms with Gasteiger partial charge in [0.25, 0.3) is 0 Å². The Morgan fingerprint density at radius 3 is 2.79 bits per heavy atom. The van der Waals surface area contributed by atoms with E-state index < -0.39 is 16.8 Å². The van der Waals surface area contributed by atoms with Crippen LogP contribution in [0.25, 0.3) is 5.69 Å². The monoisotopic (exact) mass is 504 g/mol. The van der Waals surface area contributed by atoms with Crippen molar-refractivity contribution in [2.45, 2.75) is 26.1 Å². The number of fused-ring (bicyclic) bond motifs is 3. The molecule has 0 aliphatic carbocycles. The zero-order valence-electron chi connectivity index (χ0n) is 14.9. The molecular weight excluding hydrogens is 493 g/mol. The van der Waals surface area contributed by atoms with Crippen molar-refractivity contribution < 1.29 is 17.9 Å². The summed E-state index contributed by atoms with van der Waals surface area (Å²) in [4.78, 5) is 5.41. The van der Waals surface area contributed by atoms with Gasteiger partial charge in [0.2, 0.25) is 4.73 Å². The molecule has 0 fully saturated rings. The van der Waals surface area contributed by atoms with Crippen molar-refractivity contribution in [2.75, 3.05) is 6.61 Å². The van der Waals surface area contributed by atoms with Crippen molar-refractivity contribution in [3.05, 3.63) is 55.2 Å². The lowest BCUT2D eigenvalue weighted by Crippen LogP contribution is -2.16. The smallest absolute Gasteiger partial charge is 0.421 e. The van der Waals surface area contributed by atoms with Gasteiger partial charge >= 0.3 is 6.18 Å². The van der Waals surface area contributed by atoms with Gasteiger partial charge in [-0.3, -0.25) is 9.56 Å².